The highest BCUT2D eigenvalue weighted by Crippen LogP contribution is 2.31. The van der Waals surface area contributed by atoms with Crippen LogP contribution in [0.5, 0.6) is 11.5 Å². The molecule has 0 saturated carbocycles. The van der Waals surface area contributed by atoms with Crippen molar-refractivity contribution in [1.29, 1.82) is 0 Å². The summed E-state index contributed by atoms with van der Waals surface area (Å²) in [5.74, 6) is 0.755. The van der Waals surface area contributed by atoms with Crippen LogP contribution in [0.2, 0.25) is 10.0 Å². The fraction of sp³-hybridized carbons (Fsp3) is 0.227. The van der Waals surface area contributed by atoms with Crippen molar-refractivity contribution < 1.29 is 19.1 Å². The van der Waals surface area contributed by atoms with Gasteiger partial charge in [0.15, 0.2) is 0 Å². The Hall–Kier alpha value is -3.23. The Bertz CT molecular complexity index is 1070. The van der Waals surface area contributed by atoms with Crippen LogP contribution in [-0.4, -0.2) is 35.3 Å². The van der Waals surface area contributed by atoms with Crippen LogP contribution >= 0.6 is 23.2 Å². The predicted octanol–water partition coefficient (Wildman–Crippen LogP) is 4.63. The van der Waals surface area contributed by atoms with E-state index in [9.17, 15) is 9.59 Å². The van der Waals surface area contributed by atoms with E-state index in [-0.39, 0.29) is 24.8 Å². The Kier molecular flexibility index (Phi) is 8.35. The lowest BCUT2D eigenvalue weighted by Gasteiger charge is -2.08. The summed E-state index contributed by atoms with van der Waals surface area (Å²) < 4.78 is 12.1. The second-order valence-electron chi connectivity index (χ2n) is 6.76. The SMILES string of the molecule is COc1ccc(NC(=O)Cn2cc(NC(=O)CCCOc3cccc(Cl)c3Cl)cn2)cc1. The number of hydrogen-bond donors (Lipinski definition) is 2. The van der Waals surface area contributed by atoms with E-state index in [1.165, 1.54) is 10.9 Å². The third-order valence-electron chi connectivity index (χ3n) is 4.32. The van der Waals surface area contributed by atoms with Crippen molar-refractivity contribution in [2.75, 3.05) is 24.4 Å². The number of carbonyl (C=O) groups is 2. The second-order valence-corrected chi connectivity index (χ2v) is 7.54. The van der Waals surface area contributed by atoms with Crippen LogP contribution in [0.1, 0.15) is 12.8 Å². The minimum Gasteiger partial charge on any atom is -0.497 e. The monoisotopic (exact) mass is 476 g/mol. The molecular weight excluding hydrogens is 455 g/mol. The van der Waals surface area contributed by atoms with Crippen molar-refractivity contribution in [3.05, 3.63) is 64.9 Å². The van der Waals surface area contributed by atoms with Crippen LogP contribution in [0.25, 0.3) is 0 Å². The summed E-state index contributed by atoms with van der Waals surface area (Å²) in [6, 6.07) is 12.1. The molecule has 1 heterocycles. The maximum absolute atomic E-state index is 12.2. The number of nitrogens with zero attached hydrogens (tertiary/aromatic N) is 2. The number of amides is 2. The Morgan fingerprint density at radius 1 is 1.03 bits per heavy atom. The van der Waals surface area contributed by atoms with E-state index in [1.54, 1.807) is 55.8 Å². The van der Waals surface area contributed by atoms with Crippen molar-refractivity contribution in [2.45, 2.75) is 19.4 Å². The van der Waals surface area contributed by atoms with Gasteiger partial charge in [-0.1, -0.05) is 29.3 Å². The first-order chi connectivity index (χ1) is 15.4. The number of ether oxygens (including phenoxy) is 2. The number of rotatable bonds is 10. The predicted molar refractivity (Wildman–Crippen MR) is 124 cm³/mol. The van der Waals surface area contributed by atoms with Gasteiger partial charge in [0.25, 0.3) is 0 Å². The molecule has 0 radical (unpaired) electrons. The zero-order chi connectivity index (χ0) is 22.9. The molecule has 0 fully saturated rings. The molecule has 2 aromatic carbocycles. The highest BCUT2D eigenvalue weighted by atomic mass is 35.5. The number of nitrogens with one attached hydrogen (secondary N) is 2. The molecule has 1 aromatic heterocycles. The molecule has 0 aliphatic carbocycles. The fourth-order valence-electron chi connectivity index (χ4n) is 2.77. The minimum absolute atomic E-state index is 0.0101. The Morgan fingerprint density at radius 3 is 2.53 bits per heavy atom. The van der Waals surface area contributed by atoms with Gasteiger partial charge in [-0.3, -0.25) is 14.3 Å². The average molecular weight is 477 g/mol. The first kappa shape index (κ1) is 23.4. The van der Waals surface area contributed by atoms with Gasteiger partial charge >= 0.3 is 0 Å². The van der Waals surface area contributed by atoms with Crippen LogP contribution in [0, 0.1) is 0 Å². The summed E-state index contributed by atoms with van der Waals surface area (Å²) >= 11 is 12.0. The van der Waals surface area contributed by atoms with E-state index in [1.807, 2.05) is 0 Å². The molecule has 2 amide bonds. The van der Waals surface area contributed by atoms with E-state index in [0.29, 0.717) is 45.9 Å². The molecular formula is C22H22Cl2N4O4. The Labute approximate surface area is 195 Å². The van der Waals surface area contributed by atoms with Gasteiger partial charge in [0.1, 0.15) is 23.1 Å². The number of hydrogen-bond acceptors (Lipinski definition) is 5. The Balaban J connectivity index is 1.39. The van der Waals surface area contributed by atoms with Crippen LogP contribution in [0.4, 0.5) is 11.4 Å². The van der Waals surface area contributed by atoms with E-state index in [0.717, 1.165) is 0 Å². The maximum atomic E-state index is 12.2. The van der Waals surface area contributed by atoms with Gasteiger partial charge in [-0.05, 0) is 42.8 Å². The fourth-order valence-corrected chi connectivity index (χ4v) is 3.12. The van der Waals surface area contributed by atoms with E-state index >= 15 is 0 Å². The minimum atomic E-state index is -0.243. The lowest BCUT2D eigenvalue weighted by Crippen LogP contribution is -2.19. The van der Waals surface area contributed by atoms with Crippen molar-refractivity contribution >= 4 is 46.4 Å². The molecule has 0 atom stereocenters. The van der Waals surface area contributed by atoms with Crippen LogP contribution in [0.15, 0.2) is 54.9 Å². The summed E-state index contributed by atoms with van der Waals surface area (Å²) in [5.41, 5.74) is 1.16. The van der Waals surface area contributed by atoms with Gasteiger partial charge in [-0.25, -0.2) is 0 Å². The average Bonchev–Trinajstić information content (AvgIpc) is 3.20. The summed E-state index contributed by atoms with van der Waals surface area (Å²) in [6.45, 7) is 0.328. The molecule has 0 unspecified atom stereocenters. The summed E-state index contributed by atoms with van der Waals surface area (Å²) in [7, 11) is 1.58. The van der Waals surface area contributed by atoms with Crippen molar-refractivity contribution in [1.82, 2.24) is 9.78 Å². The molecule has 0 bridgehead atoms. The Morgan fingerprint density at radius 2 is 1.78 bits per heavy atom. The molecule has 0 spiro atoms. The van der Waals surface area contributed by atoms with Gasteiger partial charge in [-0.2, -0.15) is 5.10 Å². The van der Waals surface area contributed by atoms with Crippen LogP contribution in [-0.2, 0) is 16.1 Å². The lowest BCUT2D eigenvalue weighted by molar-refractivity contribution is -0.117. The molecule has 8 nitrogen and oxygen atoms in total. The normalized spacial score (nSPS) is 10.5. The largest absolute Gasteiger partial charge is 0.497 e. The zero-order valence-corrected chi connectivity index (χ0v) is 18.8. The topological polar surface area (TPSA) is 94.5 Å². The van der Waals surface area contributed by atoms with Gasteiger partial charge < -0.3 is 20.1 Å². The molecule has 2 N–H and O–H groups in total. The molecule has 168 valence electrons. The number of halogens is 2. The van der Waals surface area contributed by atoms with E-state index in [4.69, 9.17) is 32.7 Å². The first-order valence-electron chi connectivity index (χ1n) is 9.77. The molecule has 3 rings (SSSR count). The molecule has 10 heteroatoms. The quantitative estimate of drug-likeness (QED) is 0.415. The third kappa shape index (κ3) is 6.90. The molecule has 0 aliphatic rings. The zero-order valence-electron chi connectivity index (χ0n) is 17.3. The van der Waals surface area contributed by atoms with Crippen LogP contribution in [0.3, 0.4) is 0 Å². The maximum Gasteiger partial charge on any atom is 0.246 e. The molecule has 0 aliphatic heterocycles. The number of benzene rings is 2. The summed E-state index contributed by atoms with van der Waals surface area (Å²) in [4.78, 5) is 24.3. The number of anilines is 2. The summed E-state index contributed by atoms with van der Waals surface area (Å²) in [5, 5.41) is 10.4. The number of aromatic nitrogens is 2. The van der Waals surface area contributed by atoms with E-state index in [2.05, 4.69) is 15.7 Å². The van der Waals surface area contributed by atoms with Gasteiger partial charge in [0, 0.05) is 18.3 Å². The van der Waals surface area contributed by atoms with Crippen molar-refractivity contribution in [3.8, 4) is 11.5 Å². The third-order valence-corrected chi connectivity index (χ3v) is 5.12. The van der Waals surface area contributed by atoms with Gasteiger partial charge in [-0.15, -0.1) is 0 Å². The second kappa shape index (κ2) is 11.4. The molecule has 32 heavy (non-hydrogen) atoms. The van der Waals surface area contributed by atoms with Crippen molar-refractivity contribution in [3.63, 3.8) is 0 Å². The highest BCUT2D eigenvalue weighted by Gasteiger charge is 2.09. The smallest absolute Gasteiger partial charge is 0.246 e. The van der Waals surface area contributed by atoms with Gasteiger partial charge in [0.2, 0.25) is 11.8 Å². The van der Waals surface area contributed by atoms with E-state index < -0.39 is 0 Å². The first-order valence-corrected chi connectivity index (χ1v) is 10.5. The van der Waals surface area contributed by atoms with Crippen molar-refractivity contribution in [2.24, 2.45) is 0 Å². The standard InChI is InChI=1S/C22H22Cl2N4O4/c1-31-17-9-7-15(8-10-17)26-21(30)14-28-13-16(12-25-28)27-20(29)6-3-11-32-19-5-2-4-18(23)22(19)24/h2,4-5,7-10,12-13H,3,6,11,14H2,1H3,(H,26,30)(H,27,29). The summed E-state index contributed by atoms with van der Waals surface area (Å²) in [6.07, 6.45) is 3.82. The molecule has 3 aromatic rings. The lowest BCUT2D eigenvalue weighted by atomic mass is 10.3. The van der Waals surface area contributed by atoms with Crippen LogP contribution < -0.4 is 20.1 Å². The number of carbonyl (C=O) groups excluding carboxylic acids is 2. The molecule has 0 saturated heterocycles. The highest BCUT2D eigenvalue weighted by molar-refractivity contribution is 6.42. The number of methoxy groups -OCH3 is 1. The van der Waals surface area contributed by atoms with Gasteiger partial charge in [0.05, 0.1) is 30.6 Å².